The summed E-state index contributed by atoms with van der Waals surface area (Å²) in [4.78, 5) is 16.2. The molecule has 0 aromatic heterocycles. The van der Waals surface area contributed by atoms with Gasteiger partial charge in [-0.1, -0.05) is 0 Å². The Morgan fingerprint density at radius 3 is 2.40 bits per heavy atom. The average Bonchev–Trinajstić information content (AvgIpc) is 3.00. The quantitative estimate of drug-likeness (QED) is 0.860. The number of rotatable bonds is 3. The normalized spacial score (nSPS) is 24.6. The van der Waals surface area contributed by atoms with Crippen molar-refractivity contribution in [3.63, 3.8) is 0 Å². The van der Waals surface area contributed by atoms with Gasteiger partial charge in [0.05, 0.1) is 10.6 Å². The van der Waals surface area contributed by atoms with E-state index in [4.69, 9.17) is 5.73 Å². The Balaban J connectivity index is 1.63. The van der Waals surface area contributed by atoms with E-state index in [0.717, 1.165) is 31.6 Å². The summed E-state index contributed by atoms with van der Waals surface area (Å²) in [5.41, 5.74) is 6.26. The Kier molecular flexibility index (Phi) is 5.02. The molecule has 2 atom stereocenters. The minimum absolute atomic E-state index is 0.0207. The molecule has 0 radical (unpaired) electrons. The van der Waals surface area contributed by atoms with Crippen molar-refractivity contribution in [1.29, 1.82) is 0 Å². The highest BCUT2D eigenvalue weighted by Gasteiger charge is 2.32. The number of hydrogen-bond donors (Lipinski definition) is 1. The summed E-state index contributed by atoms with van der Waals surface area (Å²) in [6.07, 6.45) is 3.55. The van der Waals surface area contributed by atoms with Gasteiger partial charge in [0.25, 0.3) is 0 Å². The number of carbonyl (C=O) groups excluding carboxylic acids is 1. The monoisotopic (exact) mass is 369 g/mol. The Labute approximate surface area is 147 Å². The number of hydrogen-bond acceptors (Lipinski definition) is 5. The summed E-state index contributed by atoms with van der Waals surface area (Å²) >= 11 is 0. The van der Waals surface area contributed by atoms with E-state index >= 15 is 0 Å². The summed E-state index contributed by atoms with van der Waals surface area (Å²) < 4.78 is 37.3. The number of sulfone groups is 1. The van der Waals surface area contributed by atoms with Crippen molar-refractivity contribution in [2.45, 2.75) is 30.2 Å². The second-order valence-corrected chi connectivity index (χ2v) is 8.98. The molecule has 2 unspecified atom stereocenters. The van der Waals surface area contributed by atoms with Crippen LogP contribution in [-0.2, 0) is 14.6 Å². The molecule has 1 aromatic rings. The average molecular weight is 369 g/mol. The lowest BCUT2D eigenvalue weighted by atomic mass is 10.1. The second-order valence-electron chi connectivity index (χ2n) is 6.97. The summed E-state index contributed by atoms with van der Waals surface area (Å²) in [6, 6.07) is 4.10. The largest absolute Gasteiger partial charge is 0.366 e. The minimum atomic E-state index is -3.43. The van der Waals surface area contributed by atoms with Gasteiger partial charge in [0.1, 0.15) is 5.82 Å². The van der Waals surface area contributed by atoms with Crippen LogP contribution in [0.4, 0.5) is 10.1 Å². The van der Waals surface area contributed by atoms with Crippen molar-refractivity contribution >= 4 is 21.4 Å². The molecule has 1 amide bonds. The fourth-order valence-corrected chi connectivity index (χ4v) is 4.27. The summed E-state index contributed by atoms with van der Waals surface area (Å²) in [6.45, 7) is 2.13. The van der Waals surface area contributed by atoms with Crippen molar-refractivity contribution in [3.05, 3.63) is 24.0 Å². The van der Waals surface area contributed by atoms with Crippen LogP contribution in [0.25, 0.3) is 0 Å². The van der Waals surface area contributed by atoms with Gasteiger partial charge in [0.15, 0.2) is 9.84 Å². The molecule has 3 rings (SSSR count). The molecule has 2 N–H and O–H groups in total. The zero-order chi connectivity index (χ0) is 18.2. The Bertz CT molecular complexity index is 760. The van der Waals surface area contributed by atoms with Crippen LogP contribution < -0.4 is 10.6 Å². The summed E-state index contributed by atoms with van der Waals surface area (Å²) in [5, 5.41) is 0. The lowest BCUT2D eigenvalue weighted by Crippen LogP contribution is -2.50. The maximum atomic E-state index is 14.3. The minimum Gasteiger partial charge on any atom is -0.366 e. The zero-order valence-corrected chi connectivity index (χ0v) is 15.1. The van der Waals surface area contributed by atoms with Crippen molar-refractivity contribution in [2.24, 2.45) is 11.7 Å². The number of benzene rings is 1. The van der Waals surface area contributed by atoms with Gasteiger partial charge in [-0.3, -0.25) is 4.79 Å². The van der Waals surface area contributed by atoms with E-state index in [2.05, 4.69) is 0 Å². The van der Waals surface area contributed by atoms with Gasteiger partial charge < -0.3 is 15.5 Å². The summed E-state index contributed by atoms with van der Waals surface area (Å²) in [5.74, 6) is -0.378. The molecular weight excluding hydrogens is 345 g/mol. The predicted octanol–water partition coefficient (Wildman–Crippen LogP) is 1.01. The van der Waals surface area contributed by atoms with E-state index in [1.165, 1.54) is 12.1 Å². The van der Waals surface area contributed by atoms with E-state index in [-0.39, 0.29) is 22.8 Å². The van der Waals surface area contributed by atoms with E-state index in [1.807, 2.05) is 9.80 Å². The lowest BCUT2D eigenvalue weighted by molar-refractivity contribution is -0.135. The molecule has 8 heteroatoms. The third kappa shape index (κ3) is 3.95. The molecule has 1 heterocycles. The van der Waals surface area contributed by atoms with Gasteiger partial charge in [0, 0.05) is 44.4 Å². The molecule has 138 valence electrons. The molecule has 1 aliphatic heterocycles. The van der Waals surface area contributed by atoms with Gasteiger partial charge >= 0.3 is 0 Å². The van der Waals surface area contributed by atoms with Gasteiger partial charge in [-0.15, -0.1) is 0 Å². The van der Waals surface area contributed by atoms with Crippen LogP contribution >= 0.6 is 0 Å². The van der Waals surface area contributed by atoms with E-state index in [1.54, 1.807) is 0 Å². The number of carbonyl (C=O) groups is 1. The maximum Gasteiger partial charge on any atom is 0.225 e. The topological polar surface area (TPSA) is 83.7 Å². The van der Waals surface area contributed by atoms with E-state index < -0.39 is 15.7 Å². The SMILES string of the molecule is CS(=O)(=O)c1ccc(N2CCN(C(=O)C3CCC(N)C3)CC2)c(F)c1. The van der Waals surface area contributed by atoms with Crippen LogP contribution in [0, 0.1) is 11.7 Å². The third-order valence-corrected chi connectivity index (χ3v) is 6.21. The van der Waals surface area contributed by atoms with Crippen LogP contribution in [0.3, 0.4) is 0 Å². The summed E-state index contributed by atoms with van der Waals surface area (Å²) in [7, 11) is -3.43. The third-order valence-electron chi connectivity index (χ3n) is 5.10. The highest BCUT2D eigenvalue weighted by atomic mass is 32.2. The van der Waals surface area contributed by atoms with Crippen LogP contribution in [0.1, 0.15) is 19.3 Å². The molecule has 1 saturated carbocycles. The Morgan fingerprint density at radius 2 is 1.88 bits per heavy atom. The molecule has 25 heavy (non-hydrogen) atoms. The van der Waals surface area contributed by atoms with Crippen LogP contribution in [0.15, 0.2) is 23.1 Å². The molecule has 1 saturated heterocycles. The number of anilines is 1. The Morgan fingerprint density at radius 1 is 1.20 bits per heavy atom. The molecule has 1 aliphatic carbocycles. The predicted molar refractivity (Wildman–Crippen MR) is 93.6 cm³/mol. The standard InChI is InChI=1S/C17H24FN3O3S/c1-25(23,24)14-4-5-16(15(18)11-14)20-6-8-21(9-7-20)17(22)12-2-3-13(19)10-12/h4-5,11-13H,2-3,6-10,19H2,1H3. The smallest absolute Gasteiger partial charge is 0.225 e. The molecule has 6 nitrogen and oxygen atoms in total. The highest BCUT2D eigenvalue weighted by molar-refractivity contribution is 7.90. The second kappa shape index (κ2) is 6.92. The van der Waals surface area contributed by atoms with Crippen LogP contribution in [0.5, 0.6) is 0 Å². The molecule has 0 bridgehead atoms. The molecule has 2 fully saturated rings. The van der Waals surface area contributed by atoms with Crippen molar-refractivity contribution in [3.8, 4) is 0 Å². The first-order valence-corrected chi connectivity index (χ1v) is 10.4. The molecule has 2 aliphatic rings. The maximum absolute atomic E-state index is 14.3. The van der Waals surface area contributed by atoms with Crippen molar-refractivity contribution < 1.29 is 17.6 Å². The molecule has 0 spiro atoms. The van der Waals surface area contributed by atoms with Crippen molar-refractivity contribution in [1.82, 2.24) is 4.90 Å². The van der Waals surface area contributed by atoms with Gasteiger partial charge in [-0.2, -0.15) is 0 Å². The number of nitrogens with two attached hydrogens (primary N) is 1. The molecule has 1 aromatic carbocycles. The van der Waals surface area contributed by atoms with Gasteiger partial charge in [0.2, 0.25) is 5.91 Å². The lowest BCUT2D eigenvalue weighted by Gasteiger charge is -2.37. The first-order valence-electron chi connectivity index (χ1n) is 8.54. The van der Waals surface area contributed by atoms with Crippen LogP contribution in [0.2, 0.25) is 0 Å². The van der Waals surface area contributed by atoms with Gasteiger partial charge in [-0.05, 0) is 37.5 Å². The van der Waals surface area contributed by atoms with E-state index in [0.29, 0.717) is 31.9 Å². The first kappa shape index (κ1) is 18.1. The van der Waals surface area contributed by atoms with Gasteiger partial charge in [-0.25, -0.2) is 12.8 Å². The number of amides is 1. The fraction of sp³-hybridized carbons (Fsp3) is 0.588. The number of piperazine rings is 1. The number of halogens is 1. The molecular formula is C17H24FN3O3S. The highest BCUT2D eigenvalue weighted by Crippen LogP contribution is 2.28. The zero-order valence-electron chi connectivity index (χ0n) is 14.3. The van der Waals surface area contributed by atoms with Crippen molar-refractivity contribution in [2.75, 3.05) is 37.3 Å². The Hall–Kier alpha value is -1.67. The fourth-order valence-electron chi connectivity index (χ4n) is 3.64. The first-order chi connectivity index (χ1) is 11.8. The number of nitrogens with zero attached hydrogens (tertiary/aromatic N) is 2. The van der Waals surface area contributed by atoms with E-state index in [9.17, 15) is 17.6 Å². The van der Waals surface area contributed by atoms with Crippen LogP contribution in [-0.4, -0.2) is 57.7 Å².